The topological polar surface area (TPSA) is 24.9 Å². The highest BCUT2D eigenvalue weighted by atomic mass is 32.1. The van der Waals surface area contributed by atoms with Gasteiger partial charge >= 0.3 is 0 Å². The fourth-order valence-electron chi connectivity index (χ4n) is 1.74. The van der Waals surface area contributed by atoms with E-state index in [0.29, 0.717) is 5.92 Å². The Balaban J connectivity index is 1.87. The standard InChI is InChI=1S/C15H20N2S/c1-12(2)10-16-9-8-14-11-18-15(17-14)13-6-4-3-5-7-13/h3-7,11-12,16H,8-10H2,1-2H3. The third-order valence-electron chi connectivity index (χ3n) is 2.68. The van der Waals surface area contributed by atoms with Crippen molar-refractivity contribution >= 4 is 11.3 Å². The van der Waals surface area contributed by atoms with E-state index < -0.39 is 0 Å². The van der Waals surface area contributed by atoms with Gasteiger partial charge in [0.25, 0.3) is 0 Å². The lowest BCUT2D eigenvalue weighted by atomic mass is 10.2. The molecule has 1 N–H and O–H groups in total. The summed E-state index contributed by atoms with van der Waals surface area (Å²) in [6.45, 7) is 6.54. The van der Waals surface area contributed by atoms with Crippen LogP contribution >= 0.6 is 11.3 Å². The minimum atomic E-state index is 0.709. The summed E-state index contributed by atoms with van der Waals surface area (Å²) < 4.78 is 0. The van der Waals surface area contributed by atoms with Gasteiger partial charge in [-0.1, -0.05) is 44.2 Å². The molecule has 0 unspecified atom stereocenters. The summed E-state index contributed by atoms with van der Waals surface area (Å²) in [7, 11) is 0. The van der Waals surface area contributed by atoms with Crippen molar-refractivity contribution < 1.29 is 0 Å². The van der Waals surface area contributed by atoms with Crippen molar-refractivity contribution in [1.82, 2.24) is 10.3 Å². The van der Waals surface area contributed by atoms with Gasteiger partial charge in [-0.15, -0.1) is 11.3 Å². The number of thiazole rings is 1. The molecule has 0 saturated heterocycles. The van der Waals surface area contributed by atoms with E-state index in [1.54, 1.807) is 11.3 Å². The maximum atomic E-state index is 4.68. The molecule has 3 heteroatoms. The number of nitrogens with zero attached hydrogens (tertiary/aromatic N) is 1. The van der Waals surface area contributed by atoms with Crippen molar-refractivity contribution in [2.45, 2.75) is 20.3 Å². The highest BCUT2D eigenvalue weighted by molar-refractivity contribution is 7.13. The van der Waals surface area contributed by atoms with Crippen LogP contribution in [0.5, 0.6) is 0 Å². The smallest absolute Gasteiger partial charge is 0.123 e. The van der Waals surface area contributed by atoms with E-state index in [0.717, 1.165) is 24.5 Å². The monoisotopic (exact) mass is 260 g/mol. The molecular weight excluding hydrogens is 240 g/mol. The number of aromatic nitrogens is 1. The van der Waals surface area contributed by atoms with Crippen LogP contribution in [0.3, 0.4) is 0 Å². The van der Waals surface area contributed by atoms with Gasteiger partial charge in [0.2, 0.25) is 0 Å². The zero-order valence-electron chi connectivity index (χ0n) is 11.0. The van der Waals surface area contributed by atoms with Gasteiger partial charge < -0.3 is 5.32 Å². The second kappa shape index (κ2) is 6.66. The molecule has 0 radical (unpaired) electrons. The van der Waals surface area contributed by atoms with Crippen LogP contribution in [0.1, 0.15) is 19.5 Å². The van der Waals surface area contributed by atoms with Crippen LogP contribution in [-0.2, 0) is 6.42 Å². The average Bonchev–Trinajstić information content (AvgIpc) is 2.84. The second-order valence-corrected chi connectivity index (χ2v) is 5.72. The first kappa shape index (κ1) is 13.2. The highest BCUT2D eigenvalue weighted by Gasteiger charge is 2.03. The number of nitrogens with one attached hydrogen (secondary N) is 1. The van der Waals surface area contributed by atoms with E-state index in [4.69, 9.17) is 0 Å². The normalized spacial score (nSPS) is 11.1. The first-order chi connectivity index (χ1) is 8.75. The zero-order valence-corrected chi connectivity index (χ0v) is 11.8. The lowest BCUT2D eigenvalue weighted by molar-refractivity contribution is 0.553. The largest absolute Gasteiger partial charge is 0.316 e. The first-order valence-corrected chi connectivity index (χ1v) is 7.34. The summed E-state index contributed by atoms with van der Waals surface area (Å²) in [5.41, 5.74) is 2.40. The van der Waals surface area contributed by atoms with Crippen LogP contribution in [0.15, 0.2) is 35.7 Å². The molecule has 1 heterocycles. The van der Waals surface area contributed by atoms with Crippen LogP contribution in [-0.4, -0.2) is 18.1 Å². The molecule has 1 aromatic heterocycles. The van der Waals surface area contributed by atoms with Crippen molar-refractivity contribution in [2.75, 3.05) is 13.1 Å². The Kier molecular flexibility index (Phi) is 4.90. The fraction of sp³-hybridized carbons (Fsp3) is 0.400. The van der Waals surface area contributed by atoms with Crippen molar-refractivity contribution in [1.29, 1.82) is 0 Å². The van der Waals surface area contributed by atoms with Gasteiger partial charge in [0, 0.05) is 23.9 Å². The molecule has 0 bridgehead atoms. The molecule has 2 aromatic rings. The van der Waals surface area contributed by atoms with Crippen LogP contribution in [0.4, 0.5) is 0 Å². The van der Waals surface area contributed by atoms with Gasteiger partial charge in [0.1, 0.15) is 5.01 Å². The van der Waals surface area contributed by atoms with Crippen molar-refractivity contribution in [3.63, 3.8) is 0 Å². The minimum absolute atomic E-state index is 0.709. The van der Waals surface area contributed by atoms with Crippen LogP contribution in [0.25, 0.3) is 10.6 Å². The van der Waals surface area contributed by atoms with Gasteiger partial charge in [-0.2, -0.15) is 0 Å². The van der Waals surface area contributed by atoms with Crippen molar-refractivity contribution in [3.05, 3.63) is 41.4 Å². The number of benzene rings is 1. The van der Waals surface area contributed by atoms with Gasteiger partial charge in [0.05, 0.1) is 5.69 Å². The SMILES string of the molecule is CC(C)CNCCc1csc(-c2ccccc2)n1. The zero-order chi connectivity index (χ0) is 12.8. The summed E-state index contributed by atoms with van der Waals surface area (Å²) in [4.78, 5) is 4.68. The second-order valence-electron chi connectivity index (χ2n) is 4.86. The molecule has 0 fully saturated rings. The molecular formula is C15H20N2S. The Morgan fingerprint density at radius 2 is 2.00 bits per heavy atom. The maximum absolute atomic E-state index is 4.68. The maximum Gasteiger partial charge on any atom is 0.123 e. The Bertz CT molecular complexity index is 462. The quantitative estimate of drug-likeness (QED) is 0.803. The summed E-state index contributed by atoms with van der Waals surface area (Å²) in [5, 5.41) is 6.73. The fourth-order valence-corrected chi connectivity index (χ4v) is 2.60. The van der Waals surface area contributed by atoms with E-state index in [2.05, 4.69) is 53.8 Å². The van der Waals surface area contributed by atoms with Gasteiger partial charge in [-0.3, -0.25) is 0 Å². The molecule has 0 atom stereocenters. The Hall–Kier alpha value is -1.19. The third-order valence-corrected chi connectivity index (χ3v) is 3.62. The van der Waals surface area contributed by atoms with Gasteiger partial charge in [-0.05, 0) is 12.5 Å². The first-order valence-electron chi connectivity index (χ1n) is 6.46. The lowest BCUT2D eigenvalue weighted by Gasteiger charge is -2.05. The van der Waals surface area contributed by atoms with Gasteiger partial charge in [0.15, 0.2) is 0 Å². The van der Waals surface area contributed by atoms with Crippen molar-refractivity contribution in [2.24, 2.45) is 5.92 Å². The summed E-state index contributed by atoms with van der Waals surface area (Å²) in [6.07, 6.45) is 1.01. The predicted molar refractivity (Wildman–Crippen MR) is 79.0 cm³/mol. The summed E-state index contributed by atoms with van der Waals surface area (Å²) in [6, 6.07) is 10.4. The molecule has 96 valence electrons. The Morgan fingerprint density at radius 1 is 1.22 bits per heavy atom. The lowest BCUT2D eigenvalue weighted by Crippen LogP contribution is -2.22. The number of hydrogen-bond donors (Lipinski definition) is 1. The van der Waals surface area contributed by atoms with Crippen LogP contribution in [0.2, 0.25) is 0 Å². The molecule has 18 heavy (non-hydrogen) atoms. The van der Waals surface area contributed by atoms with E-state index in [1.165, 1.54) is 11.3 Å². The van der Waals surface area contributed by atoms with E-state index in [-0.39, 0.29) is 0 Å². The minimum Gasteiger partial charge on any atom is -0.316 e. The third kappa shape index (κ3) is 3.93. The molecule has 2 nitrogen and oxygen atoms in total. The Morgan fingerprint density at radius 3 is 2.72 bits per heavy atom. The molecule has 0 spiro atoms. The molecule has 0 amide bonds. The molecule has 0 saturated carbocycles. The molecule has 2 rings (SSSR count). The van der Waals surface area contributed by atoms with E-state index >= 15 is 0 Å². The molecule has 0 aliphatic carbocycles. The summed E-state index contributed by atoms with van der Waals surface area (Å²) >= 11 is 1.73. The molecule has 0 aliphatic rings. The molecule has 0 aliphatic heterocycles. The van der Waals surface area contributed by atoms with Gasteiger partial charge in [-0.25, -0.2) is 4.98 Å². The van der Waals surface area contributed by atoms with Crippen molar-refractivity contribution in [3.8, 4) is 10.6 Å². The average molecular weight is 260 g/mol. The number of rotatable bonds is 6. The highest BCUT2D eigenvalue weighted by Crippen LogP contribution is 2.23. The Labute approximate surface area is 113 Å². The molecule has 1 aromatic carbocycles. The number of hydrogen-bond acceptors (Lipinski definition) is 3. The summed E-state index contributed by atoms with van der Waals surface area (Å²) in [5.74, 6) is 0.709. The van der Waals surface area contributed by atoms with E-state index in [9.17, 15) is 0 Å². The van der Waals surface area contributed by atoms with Crippen LogP contribution in [0, 0.1) is 5.92 Å². The predicted octanol–water partition coefficient (Wildman–Crippen LogP) is 3.60. The van der Waals surface area contributed by atoms with E-state index in [1.807, 2.05) is 6.07 Å². The van der Waals surface area contributed by atoms with Crippen LogP contribution < -0.4 is 5.32 Å².